The molecule has 1 atom stereocenters. The van der Waals surface area contributed by atoms with Gasteiger partial charge in [0.15, 0.2) is 0 Å². The Morgan fingerprint density at radius 3 is 2.33 bits per heavy atom. The van der Waals surface area contributed by atoms with Crippen LogP contribution in [0.5, 0.6) is 0 Å². The predicted molar refractivity (Wildman–Crippen MR) is 122 cm³/mol. The van der Waals surface area contributed by atoms with Crippen molar-refractivity contribution < 1.29 is 4.79 Å². The molecular formula is C26H35N3O. The Labute approximate surface area is 181 Å². The highest BCUT2D eigenvalue weighted by molar-refractivity contribution is 5.94. The third kappa shape index (κ3) is 5.71. The standard InChI is InChI=1S/C26H35N3O/c1-21-7-6-16-29(18-21)19-22-10-12-23(13-11-22)26(30)27-17-24-8-2-3-9-25(24)20-28-14-4-5-15-28/h2-3,8-13,21H,4-7,14-20H2,1H3,(H,27,30)/t21-/m1/s1. The van der Waals surface area contributed by atoms with Crippen LogP contribution in [0.3, 0.4) is 0 Å². The topological polar surface area (TPSA) is 35.6 Å². The molecule has 2 aromatic carbocycles. The van der Waals surface area contributed by atoms with Crippen LogP contribution in [0, 0.1) is 5.92 Å². The first kappa shape index (κ1) is 21.1. The van der Waals surface area contributed by atoms with Crippen molar-refractivity contribution in [2.24, 2.45) is 5.92 Å². The van der Waals surface area contributed by atoms with Crippen LogP contribution < -0.4 is 5.32 Å². The monoisotopic (exact) mass is 405 g/mol. The van der Waals surface area contributed by atoms with Gasteiger partial charge in [-0.1, -0.05) is 43.3 Å². The molecule has 2 heterocycles. The van der Waals surface area contributed by atoms with Crippen molar-refractivity contribution in [2.75, 3.05) is 26.2 Å². The second-order valence-corrected chi connectivity index (χ2v) is 9.11. The number of rotatable bonds is 7. The Morgan fingerprint density at radius 1 is 0.900 bits per heavy atom. The molecule has 1 N–H and O–H groups in total. The van der Waals surface area contributed by atoms with Gasteiger partial charge in [-0.05, 0) is 80.1 Å². The molecule has 0 radical (unpaired) electrons. The number of piperidine rings is 1. The highest BCUT2D eigenvalue weighted by Crippen LogP contribution is 2.19. The van der Waals surface area contributed by atoms with E-state index in [9.17, 15) is 4.79 Å². The van der Waals surface area contributed by atoms with Gasteiger partial charge >= 0.3 is 0 Å². The number of amides is 1. The molecule has 0 aromatic heterocycles. The lowest BCUT2D eigenvalue weighted by Gasteiger charge is -2.30. The average Bonchev–Trinajstić information content (AvgIpc) is 3.27. The van der Waals surface area contributed by atoms with Crippen molar-refractivity contribution in [3.63, 3.8) is 0 Å². The largest absolute Gasteiger partial charge is 0.348 e. The minimum Gasteiger partial charge on any atom is -0.348 e. The van der Waals surface area contributed by atoms with E-state index in [4.69, 9.17) is 0 Å². The zero-order chi connectivity index (χ0) is 20.8. The summed E-state index contributed by atoms with van der Waals surface area (Å²) >= 11 is 0. The average molecular weight is 406 g/mol. The van der Waals surface area contributed by atoms with Crippen molar-refractivity contribution in [3.8, 4) is 0 Å². The van der Waals surface area contributed by atoms with Gasteiger partial charge in [0.2, 0.25) is 0 Å². The molecule has 4 nitrogen and oxygen atoms in total. The smallest absolute Gasteiger partial charge is 0.251 e. The van der Waals surface area contributed by atoms with Crippen LogP contribution in [0.2, 0.25) is 0 Å². The van der Waals surface area contributed by atoms with E-state index in [2.05, 4.69) is 58.4 Å². The number of hydrogen-bond donors (Lipinski definition) is 1. The fourth-order valence-electron chi connectivity index (χ4n) is 4.79. The van der Waals surface area contributed by atoms with E-state index >= 15 is 0 Å². The quantitative estimate of drug-likeness (QED) is 0.739. The number of nitrogens with zero attached hydrogens (tertiary/aromatic N) is 2. The molecule has 0 saturated carbocycles. The van der Waals surface area contributed by atoms with Crippen molar-refractivity contribution in [1.82, 2.24) is 15.1 Å². The molecule has 2 aromatic rings. The third-order valence-corrected chi connectivity index (χ3v) is 6.51. The fraction of sp³-hybridized carbons (Fsp3) is 0.500. The van der Waals surface area contributed by atoms with Gasteiger partial charge in [-0.3, -0.25) is 14.6 Å². The van der Waals surface area contributed by atoms with Crippen LogP contribution >= 0.6 is 0 Å². The highest BCUT2D eigenvalue weighted by atomic mass is 16.1. The molecule has 2 aliphatic rings. The summed E-state index contributed by atoms with van der Waals surface area (Å²) in [5, 5.41) is 3.12. The normalized spacial score (nSPS) is 20.4. The predicted octanol–water partition coefficient (Wildman–Crippen LogP) is 4.44. The zero-order valence-electron chi connectivity index (χ0n) is 18.3. The Bertz CT molecular complexity index is 826. The zero-order valence-corrected chi connectivity index (χ0v) is 18.3. The van der Waals surface area contributed by atoms with Crippen LogP contribution in [0.1, 0.15) is 59.7 Å². The van der Waals surface area contributed by atoms with E-state index in [1.54, 1.807) is 0 Å². The molecule has 4 rings (SSSR count). The van der Waals surface area contributed by atoms with E-state index < -0.39 is 0 Å². The molecule has 0 bridgehead atoms. The van der Waals surface area contributed by atoms with Crippen molar-refractivity contribution in [2.45, 2.75) is 52.2 Å². The molecule has 2 fully saturated rings. The number of hydrogen-bond acceptors (Lipinski definition) is 3. The molecule has 30 heavy (non-hydrogen) atoms. The van der Waals surface area contributed by atoms with Crippen LogP contribution in [-0.4, -0.2) is 41.9 Å². The number of carbonyl (C=O) groups is 1. The van der Waals surface area contributed by atoms with Crippen LogP contribution in [0.4, 0.5) is 0 Å². The summed E-state index contributed by atoms with van der Waals surface area (Å²) < 4.78 is 0. The Hall–Kier alpha value is -2.17. The van der Waals surface area contributed by atoms with Gasteiger partial charge in [0.1, 0.15) is 0 Å². The summed E-state index contributed by atoms with van der Waals surface area (Å²) in [7, 11) is 0. The number of benzene rings is 2. The maximum atomic E-state index is 12.7. The van der Waals surface area contributed by atoms with Crippen molar-refractivity contribution in [3.05, 3.63) is 70.8 Å². The Morgan fingerprint density at radius 2 is 1.60 bits per heavy atom. The molecule has 160 valence electrons. The van der Waals surface area contributed by atoms with E-state index in [-0.39, 0.29) is 5.91 Å². The SMILES string of the molecule is C[C@@H]1CCCN(Cc2ccc(C(=O)NCc3ccccc3CN3CCCC3)cc2)C1. The highest BCUT2D eigenvalue weighted by Gasteiger charge is 2.17. The summed E-state index contributed by atoms with van der Waals surface area (Å²) in [6, 6.07) is 16.6. The lowest BCUT2D eigenvalue weighted by Crippen LogP contribution is -2.33. The second-order valence-electron chi connectivity index (χ2n) is 9.11. The summed E-state index contributed by atoms with van der Waals surface area (Å²) in [5.41, 5.74) is 4.57. The first-order chi connectivity index (χ1) is 14.7. The summed E-state index contributed by atoms with van der Waals surface area (Å²) in [6.07, 6.45) is 5.23. The van der Waals surface area contributed by atoms with Gasteiger partial charge in [-0.15, -0.1) is 0 Å². The van der Waals surface area contributed by atoms with E-state index in [0.29, 0.717) is 6.54 Å². The van der Waals surface area contributed by atoms with Gasteiger partial charge in [-0.25, -0.2) is 0 Å². The molecule has 0 aliphatic carbocycles. The second kappa shape index (κ2) is 10.2. The molecular weight excluding hydrogens is 370 g/mol. The van der Waals surface area contributed by atoms with Gasteiger partial charge in [0.05, 0.1) is 0 Å². The first-order valence-electron chi connectivity index (χ1n) is 11.6. The minimum absolute atomic E-state index is 0.00382. The molecule has 4 heteroatoms. The molecule has 0 spiro atoms. The lowest BCUT2D eigenvalue weighted by molar-refractivity contribution is 0.0950. The van der Waals surface area contributed by atoms with E-state index in [1.165, 1.54) is 68.6 Å². The maximum Gasteiger partial charge on any atom is 0.251 e. The van der Waals surface area contributed by atoms with Crippen LogP contribution in [0.25, 0.3) is 0 Å². The first-order valence-corrected chi connectivity index (χ1v) is 11.6. The Kier molecular flexibility index (Phi) is 7.19. The summed E-state index contributed by atoms with van der Waals surface area (Å²) in [6.45, 7) is 9.61. The maximum absolute atomic E-state index is 12.7. The lowest BCUT2D eigenvalue weighted by atomic mass is 9.99. The van der Waals surface area contributed by atoms with Gasteiger partial charge in [0.25, 0.3) is 5.91 Å². The van der Waals surface area contributed by atoms with E-state index in [0.717, 1.165) is 24.6 Å². The van der Waals surface area contributed by atoms with Gasteiger partial charge in [-0.2, -0.15) is 0 Å². The van der Waals surface area contributed by atoms with Crippen molar-refractivity contribution in [1.29, 1.82) is 0 Å². The minimum atomic E-state index is 0.00382. The van der Waals surface area contributed by atoms with Crippen LogP contribution in [-0.2, 0) is 19.6 Å². The molecule has 2 aliphatic heterocycles. The molecule has 0 unspecified atom stereocenters. The third-order valence-electron chi connectivity index (χ3n) is 6.51. The summed E-state index contributed by atoms with van der Waals surface area (Å²) in [4.78, 5) is 17.7. The number of carbonyl (C=O) groups excluding carboxylic acids is 1. The number of nitrogens with one attached hydrogen (secondary N) is 1. The van der Waals surface area contributed by atoms with Crippen molar-refractivity contribution >= 4 is 5.91 Å². The van der Waals surface area contributed by atoms with Gasteiger partial charge < -0.3 is 5.32 Å². The van der Waals surface area contributed by atoms with E-state index in [1.807, 2.05) is 12.1 Å². The summed E-state index contributed by atoms with van der Waals surface area (Å²) in [5.74, 6) is 0.793. The Balaban J connectivity index is 1.31. The van der Waals surface area contributed by atoms with Gasteiger partial charge in [0, 0.05) is 31.7 Å². The number of likely N-dealkylation sites (tertiary alicyclic amines) is 2. The molecule has 1 amide bonds. The fourth-order valence-corrected chi connectivity index (χ4v) is 4.79. The molecule has 2 saturated heterocycles. The van der Waals surface area contributed by atoms with Crippen LogP contribution in [0.15, 0.2) is 48.5 Å².